The Morgan fingerprint density at radius 2 is 0.857 bits per heavy atom. The summed E-state index contributed by atoms with van der Waals surface area (Å²) >= 11 is 0. The van der Waals surface area contributed by atoms with E-state index in [1.54, 1.807) is 97.1 Å². The Hall–Kier alpha value is -6.09. The summed E-state index contributed by atoms with van der Waals surface area (Å²) < 4.78 is 12.1. The van der Waals surface area contributed by atoms with Gasteiger partial charge in [-0.1, -0.05) is 36.4 Å². The van der Waals surface area contributed by atoms with Gasteiger partial charge in [0.05, 0.1) is 22.5 Å². The third kappa shape index (κ3) is 4.98. The van der Waals surface area contributed by atoms with Crippen LogP contribution in [0.4, 0.5) is 11.4 Å². The first-order valence-corrected chi connectivity index (χ1v) is 12.8. The molecule has 0 atom stereocenters. The van der Waals surface area contributed by atoms with Crippen molar-refractivity contribution in [2.45, 2.75) is 0 Å². The van der Waals surface area contributed by atoms with Crippen LogP contribution in [0.1, 0.15) is 15.9 Å². The van der Waals surface area contributed by atoms with E-state index in [0.29, 0.717) is 22.9 Å². The molecule has 9 nitrogen and oxygen atoms in total. The zero-order valence-electron chi connectivity index (χ0n) is 21.8. The second-order valence-electron chi connectivity index (χ2n) is 9.21. The minimum atomic E-state index is -0.454. The average Bonchev–Trinajstić information content (AvgIpc) is 3.52. The number of carbonyl (C=O) groups is 5. The molecule has 4 aromatic rings. The van der Waals surface area contributed by atoms with Gasteiger partial charge in [0.2, 0.25) is 5.78 Å². The monoisotopic (exact) mass is 556 g/mol. The van der Waals surface area contributed by atoms with Gasteiger partial charge in [-0.2, -0.15) is 0 Å². The van der Waals surface area contributed by atoms with Crippen LogP contribution in [0.3, 0.4) is 0 Å². The molecule has 0 aromatic heterocycles. The zero-order chi connectivity index (χ0) is 29.2. The van der Waals surface area contributed by atoms with Crippen molar-refractivity contribution in [3.63, 3.8) is 0 Å². The molecule has 0 radical (unpaired) electrons. The van der Waals surface area contributed by atoms with Gasteiger partial charge in [-0.25, -0.2) is 9.80 Å². The Bertz CT molecular complexity index is 1690. The van der Waals surface area contributed by atoms with Crippen molar-refractivity contribution in [2.24, 2.45) is 0 Å². The van der Waals surface area contributed by atoms with E-state index in [0.717, 1.165) is 9.80 Å². The maximum Gasteiger partial charge on any atom is 0.258 e. The third-order valence-electron chi connectivity index (χ3n) is 6.49. The van der Waals surface area contributed by atoms with Crippen molar-refractivity contribution in [3.8, 4) is 23.0 Å². The fourth-order valence-electron chi connectivity index (χ4n) is 4.57. The van der Waals surface area contributed by atoms with E-state index in [1.807, 2.05) is 0 Å². The maximum atomic E-state index is 13.8. The van der Waals surface area contributed by atoms with Crippen molar-refractivity contribution in [3.05, 3.63) is 132 Å². The van der Waals surface area contributed by atoms with E-state index in [4.69, 9.17) is 9.47 Å². The highest BCUT2D eigenvalue weighted by Crippen LogP contribution is 2.34. The zero-order valence-corrected chi connectivity index (χ0v) is 21.8. The van der Waals surface area contributed by atoms with Gasteiger partial charge in [0.25, 0.3) is 23.6 Å². The average molecular weight is 557 g/mol. The summed E-state index contributed by atoms with van der Waals surface area (Å²) in [5, 5.41) is 0. The van der Waals surface area contributed by atoms with Crippen LogP contribution < -0.4 is 19.3 Å². The standard InChI is InChI=1S/C33H20N2O7/c36-29-15-16-30(37)34(29)21-7-5-9-23(19-21)41-27-13-3-1-11-25(27)33(40)26-12-2-4-14-28(26)42-24-10-6-8-22(20-24)35-31(38)17-18-32(35)39/h1-20H. The van der Waals surface area contributed by atoms with Crippen LogP contribution >= 0.6 is 0 Å². The second-order valence-corrected chi connectivity index (χ2v) is 9.21. The number of ketones is 1. The van der Waals surface area contributed by atoms with E-state index >= 15 is 0 Å². The molecular weight excluding hydrogens is 536 g/mol. The fraction of sp³-hybridized carbons (Fsp3) is 0. The van der Waals surface area contributed by atoms with Gasteiger partial charge in [0.15, 0.2) is 0 Å². The van der Waals surface area contributed by atoms with E-state index in [9.17, 15) is 24.0 Å². The van der Waals surface area contributed by atoms with Crippen molar-refractivity contribution in [1.29, 1.82) is 0 Å². The van der Waals surface area contributed by atoms with Crippen LogP contribution in [0.2, 0.25) is 0 Å². The number of imide groups is 2. The molecule has 4 aromatic carbocycles. The number of amides is 4. The topological polar surface area (TPSA) is 110 Å². The Labute approximate surface area is 239 Å². The quantitative estimate of drug-likeness (QED) is 0.212. The number of anilines is 2. The van der Waals surface area contributed by atoms with Crippen molar-refractivity contribution in [2.75, 3.05) is 9.80 Å². The smallest absolute Gasteiger partial charge is 0.258 e. The summed E-state index contributed by atoms with van der Waals surface area (Å²) in [6.07, 6.45) is 4.79. The first kappa shape index (κ1) is 26.1. The summed E-state index contributed by atoms with van der Waals surface area (Å²) in [6.45, 7) is 0. The van der Waals surface area contributed by atoms with Crippen LogP contribution in [0, 0.1) is 0 Å². The Balaban J connectivity index is 1.27. The van der Waals surface area contributed by atoms with E-state index in [-0.39, 0.29) is 28.4 Å². The van der Waals surface area contributed by atoms with Gasteiger partial charge in [0, 0.05) is 36.4 Å². The molecule has 2 heterocycles. The summed E-state index contributed by atoms with van der Waals surface area (Å²) in [5.74, 6) is -1.04. The molecule has 6 rings (SSSR count). The van der Waals surface area contributed by atoms with Crippen LogP contribution in [0.5, 0.6) is 23.0 Å². The molecule has 0 spiro atoms. The number of rotatable bonds is 8. The predicted molar refractivity (Wildman–Crippen MR) is 153 cm³/mol. The van der Waals surface area contributed by atoms with Gasteiger partial charge in [0.1, 0.15) is 23.0 Å². The highest BCUT2D eigenvalue weighted by atomic mass is 16.5. The van der Waals surface area contributed by atoms with Gasteiger partial charge < -0.3 is 9.47 Å². The number of hydrogen-bond acceptors (Lipinski definition) is 7. The summed E-state index contributed by atoms with van der Waals surface area (Å²) in [7, 11) is 0. The van der Waals surface area contributed by atoms with Gasteiger partial charge >= 0.3 is 0 Å². The molecule has 204 valence electrons. The lowest BCUT2D eigenvalue weighted by atomic mass is 10.0. The number of para-hydroxylation sites is 2. The van der Waals surface area contributed by atoms with Crippen LogP contribution in [0.15, 0.2) is 121 Å². The molecule has 0 saturated heterocycles. The van der Waals surface area contributed by atoms with Crippen molar-refractivity contribution >= 4 is 40.8 Å². The number of nitrogens with zero attached hydrogens (tertiary/aromatic N) is 2. The largest absolute Gasteiger partial charge is 0.457 e. The number of hydrogen-bond donors (Lipinski definition) is 0. The van der Waals surface area contributed by atoms with Gasteiger partial charge in [-0.3, -0.25) is 24.0 Å². The van der Waals surface area contributed by atoms with Crippen LogP contribution in [-0.4, -0.2) is 29.4 Å². The minimum absolute atomic E-state index is 0.252. The van der Waals surface area contributed by atoms with E-state index in [1.165, 1.54) is 24.3 Å². The first-order chi connectivity index (χ1) is 20.4. The van der Waals surface area contributed by atoms with Gasteiger partial charge in [-0.05, 0) is 48.5 Å². The number of carbonyl (C=O) groups excluding carboxylic acids is 5. The van der Waals surface area contributed by atoms with Crippen LogP contribution in [-0.2, 0) is 19.2 Å². The molecule has 42 heavy (non-hydrogen) atoms. The molecule has 0 N–H and O–H groups in total. The molecule has 4 amide bonds. The normalized spacial score (nSPS) is 14.2. The van der Waals surface area contributed by atoms with E-state index in [2.05, 4.69) is 0 Å². The third-order valence-corrected chi connectivity index (χ3v) is 6.49. The Morgan fingerprint density at radius 3 is 1.26 bits per heavy atom. The highest BCUT2D eigenvalue weighted by Gasteiger charge is 2.27. The number of benzene rings is 4. The predicted octanol–water partition coefficient (Wildman–Crippen LogP) is 5.36. The minimum Gasteiger partial charge on any atom is -0.457 e. The maximum absolute atomic E-state index is 13.8. The lowest BCUT2D eigenvalue weighted by molar-refractivity contribution is -0.121. The van der Waals surface area contributed by atoms with Gasteiger partial charge in [-0.15, -0.1) is 0 Å². The van der Waals surface area contributed by atoms with E-state index < -0.39 is 23.6 Å². The Morgan fingerprint density at radius 1 is 0.476 bits per heavy atom. The van der Waals surface area contributed by atoms with Crippen LogP contribution in [0.25, 0.3) is 0 Å². The molecule has 0 saturated carbocycles. The molecule has 9 heteroatoms. The summed E-state index contributed by atoms with van der Waals surface area (Å²) in [4.78, 5) is 64.3. The molecule has 0 fully saturated rings. The fourth-order valence-corrected chi connectivity index (χ4v) is 4.57. The Kier molecular flexibility index (Phi) is 6.74. The molecule has 0 bridgehead atoms. The SMILES string of the molecule is O=C(c1ccccc1Oc1cccc(N2C(=O)C=CC2=O)c1)c1ccccc1Oc1cccc(N2C(=O)C=CC2=O)c1. The van der Waals surface area contributed by atoms with Crippen molar-refractivity contribution in [1.82, 2.24) is 0 Å². The molecular formula is C33H20N2O7. The van der Waals surface area contributed by atoms with Crippen molar-refractivity contribution < 1.29 is 33.4 Å². The molecule has 0 aliphatic carbocycles. The number of ether oxygens (including phenoxy) is 2. The highest BCUT2D eigenvalue weighted by molar-refractivity contribution is 6.28. The first-order valence-electron chi connectivity index (χ1n) is 12.8. The molecule has 2 aliphatic rings. The molecule has 2 aliphatic heterocycles. The summed E-state index contributed by atoms with van der Waals surface area (Å²) in [6, 6.07) is 26.3. The summed E-state index contributed by atoms with van der Waals surface area (Å²) in [5.41, 5.74) is 1.18. The molecule has 0 unspecified atom stereocenters. The lowest BCUT2D eigenvalue weighted by Gasteiger charge is -2.17. The lowest BCUT2D eigenvalue weighted by Crippen LogP contribution is -2.29. The second kappa shape index (κ2) is 10.8.